The molecule has 0 spiro atoms. The van der Waals surface area contributed by atoms with Crippen LogP contribution in [0.3, 0.4) is 0 Å². The minimum Gasteiger partial charge on any atom is -0.455 e. The molecule has 0 aliphatic heterocycles. The van der Waals surface area contributed by atoms with Crippen molar-refractivity contribution in [1.82, 2.24) is 0 Å². The van der Waals surface area contributed by atoms with Crippen molar-refractivity contribution in [1.29, 1.82) is 0 Å². The summed E-state index contributed by atoms with van der Waals surface area (Å²) < 4.78 is 6.57. The summed E-state index contributed by atoms with van der Waals surface area (Å²) >= 11 is 0. The van der Waals surface area contributed by atoms with Gasteiger partial charge in [0.15, 0.2) is 0 Å². The highest BCUT2D eigenvalue weighted by Gasteiger charge is 2.20. The van der Waals surface area contributed by atoms with Gasteiger partial charge in [-0.2, -0.15) is 0 Å². The SMILES string of the molecule is c1ccc(-c2ccc(-c3ccccc3N(c3ccc(-c4cc5ccccc5c5ccccc45)cc3)c3ccc(-c4cccc5oc6c7ccccc7ccc6c45)cc3)cc2)cc1. The van der Waals surface area contributed by atoms with E-state index in [2.05, 4.69) is 241 Å². The summed E-state index contributed by atoms with van der Waals surface area (Å²) in [6, 6.07) is 85.4. The lowest BCUT2D eigenvalue weighted by Gasteiger charge is -2.28. The van der Waals surface area contributed by atoms with Crippen LogP contribution < -0.4 is 4.90 Å². The quantitative estimate of drug-likeness (QED) is 0.150. The van der Waals surface area contributed by atoms with Gasteiger partial charge in [0.1, 0.15) is 11.2 Å². The third kappa shape index (κ3) is 6.04. The fraction of sp³-hybridized carbons (Fsp3) is 0. The molecule has 1 aromatic heterocycles. The summed E-state index contributed by atoms with van der Waals surface area (Å²) in [5.41, 5.74) is 14.5. The molecule has 0 amide bonds. The molecule has 0 saturated carbocycles. The van der Waals surface area contributed by atoms with Crippen LogP contribution in [0, 0.1) is 0 Å². The first-order valence-electron chi connectivity index (χ1n) is 21.2. The topological polar surface area (TPSA) is 16.4 Å². The smallest absolute Gasteiger partial charge is 0.143 e. The number of anilines is 3. The van der Waals surface area contributed by atoms with Crippen LogP contribution in [0.25, 0.3) is 98.8 Å². The highest BCUT2D eigenvalue weighted by Crippen LogP contribution is 2.45. The van der Waals surface area contributed by atoms with E-state index in [-0.39, 0.29) is 0 Å². The van der Waals surface area contributed by atoms with Gasteiger partial charge in [0.05, 0.1) is 5.69 Å². The normalized spacial score (nSPS) is 11.5. The standard InChI is InChI=1S/C60H39NO/c1-2-13-40(14-3-1)41-25-27-43(28-26-41)50-18-10-11-23-57(50)61(48-36-31-45(32-37-48)56-39-46-16-5-6-17-49(46)53-20-8-9-21-54(53)56)47-34-29-44(30-35-47)51-22-12-24-58-59(51)55-38-33-42-15-4-7-19-52(42)60(55)62-58/h1-39H. The second-order valence-electron chi connectivity index (χ2n) is 16.0. The molecule has 0 atom stereocenters. The Morgan fingerprint density at radius 2 is 0.823 bits per heavy atom. The molecule has 0 aliphatic rings. The van der Waals surface area contributed by atoms with E-state index >= 15 is 0 Å². The van der Waals surface area contributed by atoms with E-state index in [1.807, 2.05) is 0 Å². The Labute approximate surface area is 360 Å². The summed E-state index contributed by atoms with van der Waals surface area (Å²) in [6.45, 7) is 0. The third-order valence-corrected chi connectivity index (χ3v) is 12.5. The number of hydrogen-bond donors (Lipinski definition) is 0. The predicted octanol–water partition coefficient (Wildman–Crippen LogP) is 17.2. The third-order valence-electron chi connectivity index (χ3n) is 12.5. The molecule has 0 aliphatic carbocycles. The zero-order chi connectivity index (χ0) is 41.0. The average Bonchev–Trinajstić information content (AvgIpc) is 3.75. The number of hydrogen-bond acceptors (Lipinski definition) is 2. The van der Waals surface area contributed by atoms with Crippen molar-refractivity contribution in [2.24, 2.45) is 0 Å². The highest BCUT2D eigenvalue weighted by atomic mass is 16.3. The van der Waals surface area contributed by atoms with Crippen molar-refractivity contribution in [3.05, 3.63) is 237 Å². The van der Waals surface area contributed by atoms with Gasteiger partial charge in [-0.15, -0.1) is 0 Å². The van der Waals surface area contributed by atoms with Gasteiger partial charge in [-0.25, -0.2) is 0 Å². The summed E-state index contributed by atoms with van der Waals surface area (Å²) in [4.78, 5) is 2.40. The molecule has 290 valence electrons. The van der Waals surface area contributed by atoms with Crippen LogP contribution in [0.1, 0.15) is 0 Å². The number of nitrogens with zero attached hydrogens (tertiary/aromatic N) is 1. The molecule has 62 heavy (non-hydrogen) atoms. The second kappa shape index (κ2) is 14.8. The van der Waals surface area contributed by atoms with Gasteiger partial charge >= 0.3 is 0 Å². The Hall–Kier alpha value is -8.20. The van der Waals surface area contributed by atoms with Crippen molar-refractivity contribution < 1.29 is 4.42 Å². The van der Waals surface area contributed by atoms with E-state index in [4.69, 9.17) is 4.42 Å². The highest BCUT2D eigenvalue weighted by molar-refractivity contribution is 6.19. The Morgan fingerprint density at radius 3 is 1.58 bits per heavy atom. The molecular weight excluding hydrogens is 751 g/mol. The Balaban J connectivity index is 0.989. The number of para-hydroxylation sites is 1. The van der Waals surface area contributed by atoms with Crippen LogP contribution in [-0.2, 0) is 0 Å². The van der Waals surface area contributed by atoms with E-state index in [0.29, 0.717) is 0 Å². The molecule has 2 heteroatoms. The number of rotatable bonds is 7. The lowest BCUT2D eigenvalue weighted by molar-refractivity contribution is 0.673. The maximum Gasteiger partial charge on any atom is 0.143 e. The maximum absolute atomic E-state index is 6.57. The van der Waals surface area contributed by atoms with Crippen molar-refractivity contribution >= 4 is 71.3 Å². The molecular formula is C60H39NO. The molecule has 0 N–H and O–H groups in total. The summed E-state index contributed by atoms with van der Waals surface area (Å²) in [6.07, 6.45) is 0. The molecule has 11 aromatic carbocycles. The minimum atomic E-state index is 0.894. The molecule has 0 saturated heterocycles. The largest absolute Gasteiger partial charge is 0.455 e. The van der Waals surface area contributed by atoms with Crippen molar-refractivity contribution in [3.63, 3.8) is 0 Å². The summed E-state index contributed by atoms with van der Waals surface area (Å²) in [5, 5.41) is 9.62. The Morgan fingerprint density at radius 1 is 0.290 bits per heavy atom. The van der Waals surface area contributed by atoms with E-state index in [0.717, 1.165) is 66.6 Å². The Kier molecular flexibility index (Phi) is 8.53. The monoisotopic (exact) mass is 789 g/mol. The molecule has 0 bridgehead atoms. The van der Waals surface area contributed by atoms with Crippen LogP contribution in [0.4, 0.5) is 17.1 Å². The van der Waals surface area contributed by atoms with Gasteiger partial charge in [0.2, 0.25) is 0 Å². The first-order valence-corrected chi connectivity index (χ1v) is 21.2. The molecule has 2 nitrogen and oxygen atoms in total. The molecule has 12 rings (SSSR count). The van der Waals surface area contributed by atoms with E-state index < -0.39 is 0 Å². The van der Waals surface area contributed by atoms with Gasteiger partial charge < -0.3 is 9.32 Å². The molecule has 0 fully saturated rings. The number of fused-ring (bicyclic) bond motifs is 8. The van der Waals surface area contributed by atoms with Crippen molar-refractivity contribution in [3.8, 4) is 44.5 Å². The predicted molar refractivity (Wildman–Crippen MR) is 263 cm³/mol. The van der Waals surface area contributed by atoms with E-state index in [9.17, 15) is 0 Å². The number of furan rings is 1. The average molecular weight is 790 g/mol. The maximum atomic E-state index is 6.57. The van der Waals surface area contributed by atoms with Crippen LogP contribution in [0.2, 0.25) is 0 Å². The zero-order valence-corrected chi connectivity index (χ0v) is 33.9. The lowest BCUT2D eigenvalue weighted by atomic mass is 9.93. The molecule has 12 aromatic rings. The van der Waals surface area contributed by atoms with Crippen LogP contribution in [0.5, 0.6) is 0 Å². The fourth-order valence-electron chi connectivity index (χ4n) is 9.48. The summed E-state index contributed by atoms with van der Waals surface area (Å²) in [5.74, 6) is 0. The van der Waals surface area contributed by atoms with Gasteiger partial charge in [0, 0.05) is 33.1 Å². The fourth-order valence-corrected chi connectivity index (χ4v) is 9.48. The first kappa shape index (κ1) is 35.7. The van der Waals surface area contributed by atoms with Crippen molar-refractivity contribution in [2.75, 3.05) is 4.90 Å². The van der Waals surface area contributed by atoms with Crippen LogP contribution >= 0.6 is 0 Å². The number of benzene rings is 11. The van der Waals surface area contributed by atoms with Gasteiger partial charge in [-0.1, -0.05) is 188 Å². The van der Waals surface area contributed by atoms with E-state index in [1.165, 1.54) is 49.2 Å². The van der Waals surface area contributed by atoms with E-state index in [1.54, 1.807) is 0 Å². The summed E-state index contributed by atoms with van der Waals surface area (Å²) in [7, 11) is 0. The molecule has 0 radical (unpaired) electrons. The van der Waals surface area contributed by atoms with Gasteiger partial charge in [-0.05, 0) is 114 Å². The van der Waals surface area contributed by atoms with Gasteiger partial charge in [0.25, 0.3) is 0 Å². The molecule has 0 unspecified atom stereocenters. The second-order valence-corrected chi connectivity index (χ2v) is 16.0. The zero-order valence-electron chi connectivity index (χ0n) is 33.9. The van der Waals surface area contributed by atoms with Gasteiger partial charge in [-0.3, -0.25) is 0 Å². The van der Waals surface area contributed by atoms with Crippen LogP contribution in [0.15, 0.2) is 241 Å². The van der Waals surface area contributed by atoms with Crippen molar-refractivity contribution in [2.45, 2.75) is 0 Å². The lowest BCUT2D eigenvalue weighted by Crippen LogP contribution is -2.11. The van der Waals surface area contributed by atoms with Crippen LogP contribution in [-0.4, -0.2) is 0 Å². The first-order chi connectivity index (χ1) is 30.7. The molecule has 1 heterocycles. The minimum absolute atomic E-state index is 0.894. The Bertz CT molecular complexity index is 3600.